The number of carbonyl (C=O) groups excluding carboxylic acids is 3. The van der Waals surface area contributed by atoms with Crippen molar-refractivity contribution in [1.29, 1.82) is 0 Å². The Morgan fingerprint density at radius 1 is 0.814 bits per heavy atom. The third-order valence-electron chi connectivity index (χ3n) is 6.80. The predicted octanol–water partition coefficient (Wildman–Crippen LogP) is 6.11. The van der Waals surface area contributed by atoms with Gasteiger partial charge in [0.15, 0.2) is 6.04 Å². The maximum absolute atomic E-state index is 13.9. The van der Waals surface area contributed by atoms with E-state index < -0.39 is 23.6 Å². The molecular weight excluding hydrogens is 544 g/mol. The maximum Gasteiger partial charge on any atom is 0.345 e. The van der Waals surface area contributed by atoms with Crippen LogP contribution in [0.2, 0.25) is 0 Å². The number of hydrogen-bond donors (Lipinski definition) is 2. The fraction of sp³-hybridized carbons (Fsp3) is 0.171. The number of esters is 2. The zero-order valence-electron chi connectivity index (χ0n) is 24.1. The van der Waals surface area contributed by atoms with Gasteiger partial charge in [-0.15, -0.1) is 0 Å². The smallest absolute Gasteiger partial charge is 0.345 e. The van der Waals surface area contributed by atoms with Gasteiger partial charge in [0.1, 0.15) is 0 Å². The topological polar surface area (TPSA) is 103 Å². The Balaban J connectivity index is 1.82. The molecule has 0 fully saturated rings. The van der Waals surface area contributed by atoms with Crippen LogP contribution < -0.4 is 10.6 Å². The van der Waals surface area contributed by atoms with Crippen molar-refractivity contribution in [2.45, 2.75) is 25.2 Å². The number of anilines is 2. The summed E-state index contributed by atoms with van der Waals surface area (Å²) in [5, 5.41) is 5.84. The largest absolute Gasteiger partial charge is 0.467 e. The minimum atomic E-state index is -1.96. The van der Waals surface area contributed by atoms with E-state index in [4.69, 9.17) is 14.2 Å². The third kappa shape index (κ3) is 7.36. The summed E-state index contributed by atoms with van der Waals surface area (Å²) in [5.41, 5.74) is 2.15. The van der Waals surface area contributed by atoms with Crippen LogP contribution >= 0.6 is 0 Å². The summed E-state index contributed by atoms with van der Waals surface area (Å²) in [7, 11) is 1.25. The van der Waals surface area contributed by atoms with Gasteiger partial charge in [-0.25, -0.2) is 9.59 Å². The molecule has 4 aromatic carbocycles. The number of rotatable bonds is 13. The molecule has 2 N–H and O–H groups in total. The van der Waals surface area contributed by atoms with E-state index in [-0.39, 0.29) is 19.1 Å². The number of amides is 1. The molecule has 0 radical (unpaired) electrons. The summed E-state index contributed by atoms with van der Waals surface area (Å²) in [6, 6.07) is 31.7. The number of nitrogens with one attached hydrogen (secondary N) is 2. The lowest BCUT2D eigenvalue weighted by molar-refractivity contribution is -0.183. The van der Waals surface area contributed by atoms with Crippen LogP contribution in [0.1, 0.15) is 18.1 Å². The number of benzene rings is 4. The highest BCUT2D eigenvalue weighted by atomic mass is 16.6. The molecule has 0 saturated heterocycles. The molecule has 0 aliphatic rings. The third-order valence-corrected chi connectivity index (χ3v) is 6.80. The highest BCUT2D eigenvalue weighted by Crippen LogP contribution is 2.37. The van der Waals surface area contributed by atoms with Crippen LogP contribution in [0.15, 0.2) is 122 Å². The molecular formula is C35H34N2O6. The second-order valence-electron chi connectivity index (χ2n) is 9.55. The van der Waals surface area contributed by atoms with Gasteiger partial charge in [-0.3, -0.25) is 4.79 Å². The first kappa shape index (κ1) is 30.7. The molecule has 2 atom stereocenters. The molecule has 0 bridgehead atoms. The van der Waals surface area contributed by atoms with Gasteiger partial charge in [0, 0.05) is 11.4 Å². The van der Waals surface area contributed by atoms with Gasteiger partial charge in [0.2, 0.25) is 11.5 Å². The lowest BCUT2D eigenvalue weighted by atomic mass is 9.84. The molecule has 1 amide bonds. The molecule has 0 aliphatic heterocycles. The monoisotopic (exact) mass is 578 g/mol. The van der Waals surface area contributed by atoms with Crippen LogP contribution in [0.5, 0.6) is 0 Å². The molecule has 0 aliphatic carbocycles. The minimum Gasteiger partial charge on any atom is -0.467 e. The van der Waals surface area contributed by atoms with Crippen molar-refractivity contribution in [2.75, 3.05) is 24.4 Å². The van der Waals surface area contributed by atoms with E-state index in [0.717, 1.165) is 16.7 Å². The van der Waals surface area contributed by atoms with Crippen molar-refractivity contribution >= 4 is 29.2 Å². The molecule has 0 saturated carbocycles. The van der Waals surface area contributed by atoms with E-state index in [1.165, 1.54) is 13.2 Å². The Bertz CT molecular complexity index is 1520. The van der Waals surface area contributed by atoms with Crippen LogP contribution in [0.3, 0.4) is 0 Å². The lowest BCUT2D eigenvalue weighted by Crippen LogP contribution is -2.57. The Morgan fingerprint density at radius 3 is 1.98 bits per heavy atom. The van der Waals surface area contributed by atoms with Crippen molar-refractivity contribution in [2.24, 2.45) is 0 Å². The second-order valence-corrected chi connectivity index (χ2v) is 9.55. The normalized spacial score (nSPS) is 12.7. The molecule has 0 aromatic heterocycles. The minimum absolute atomic E-state index is 0.000481. The highest BCUT2D eigenvalue weighted by Gasteiger charge is 2.54. The van der Waals surface area contributed by atoms with E-state index in [9.17, 15) is 14.4 Å². The SMILES string of the molecule is C=CC(=O)Nc1ccc(NC(C(=O)OCC)C(OCc2ccccc2)(C(=O)OC)c2ccc(-c3ccccc3)cc2)cc1. The number of ether oxygens (including phenoxy) is 3. The Hall–Kier alpha value is -5.21. The summed E-state index contributed by atoms with van der Waals surface area (Å²) in [6.07, 6.45) is 1.17. The van der Waals surface area contributed by atoms with E-state index in [1.807, 2.05) is 72.8 Å². The molecule has 2 unspecified atom stereocenters. The van der Waals surface area contributed by atoms with E-state index in [2.05, 4.69) is 17.2 Å². The first-order chi connectivity index (χ1) is 20.9. The highest BCUT2D eigenvalue weighted by molar-refractivity contribution is 5.99. The average molecular weight is 579 g/mol. The summed E-state index contributed by atoms with van der Waals surface area (Å²) >= 11 is 0. The molecule has 220 valence electrons. The fourth-order valence-electron chi connectivity index (χ4n) is 4.65. The number of methoxy groups -OCH3 is 1. The fourth-order valence-corrected chi connectivity index (χ4v) is 4.65. The lowest BCUT2D eigenvalue weighted by Gasteiger charge is -2.38. The molecule has 43 heavy (non-hydrogen) atoms. The summed E-state index contributed by atoms with van der Waals surface area (Å²) in [4.78, 5) is 39.3. The van der Waals surface area contributed by atoms with Gasteiger partial charge in [0.25, 0.3) is 0 Å². The predicted molar refractivity (Wildman–Crippen MR) is 166 cm³/mol. The zero-order chi connectivity index (χ0) is 30.7. The Morgan fingerprint density at radius 2 is 1.40 bits per heavy atom. The summed E-state index contributed by atoms with van der Waals surface area (Å²) in [6.45, 7) is 5.22. The first-order valence-corrected chi connectivity index (χ1v) is 13.8. The second kappa shape index (κ2) is 14.6. The Labute approximate surface area is 251 Å². The summed E-state index contributed by atoms with van der Waals surface area (Å²) in [5.74, 6) is -1.85. The standard InChI is InChI=1S/C35H34N2O6/c1-4-31(38)36-29-20-22-30(23-21-29)37-32(33(39)42-5-2)35(34(40)41-3,43-24-25-12-8-6-9-13-25)28-18-16-27(17-19-28)26-14-10-7-11-15-26/h4,6-23,32,37H,1,5,24H2,2-3H3,(H,36,38). The van der Waals surface area contributed by atoms with Crippen molar-refractivity contribution in [3.05, 3.63) is 133 Å². The van der Waals surface area contributed by atoms with Gasteiger partial charge < -0.3 is 24.8 Å². The summed E-state index contributed by atoms with van der Waals surface area (Å²) < 4.78 is 17.3. The molecule has 8 heteroatoms. The quantitative estimate of drug-likeness (QED) is 0.146. The van der Waals surface area contributed by atoms with Crippen LogP contribution in [0, 0.1) is 0 Å². The van der Waals surface area contributed by atoms with Gasteiger partial charge in [-0.1, -0.05) is 91.5 Å². The van der Waals surface area contributed by atoms with Crippen molar-refractivity contribution in [3.63, 3.8) is 0 Å². The van der Waals surface area contributed by atoms with Crippen LogP contribution in [-0.2, 0) is 40.8 Å². The van der Waals surface area contributed by atoms with Gasteiger partial charge in [-0.2, -0.15) is 0 Å². The molecule has 4 rings (SSSR count). The van der Waals surface area contributed by atoms with Crippen LogP contribution in [0.25, 0.3) is 11.1 Å². The number of carbonyl (C=O) groups is 3. The van der Waals surface area contributed by atoms with Crippen LogP contribution in [-0.4, -0.2) is 37.6 Å². The van der Waals surface area contributed by atoms with Crippen LogP contribution in [0.4, 0.5) is 11.4 Å². The maximum atomic E-state index is 13.9. The number of hydrogen-bond acceptors (Lipinski definition) is 7. The molecule has 8 nitrogen and oxygen atoms in total. The van der Waals surface area contributed by atoms with E-state index >= 15 is 0 Å². The average Bonchev–Trinajstić information content (AvgIpc) is 3.06. The van der Waals surface area contributed by atoms with Crippen molar-refractivity contribution < 1.29 is 28.6 Å². The van der Waals surface area contributed by atoms with Crippen molar-refractivity contribution in [3.8, 4) is 11.1 Å². The molecule has 0 heterocycles. The zero-order valence-corrected chi connectivity index (χ0v) is 24.1. The van der Waals surface area contributed by atoms with E-state index in [1.54, 1.807) is 43.3 Å². The van der Waals surface area contributed by atoms with E-state index in [0.29, 0.717) is 16.9 Å². The van der Waals surface area contributed by atoms with Gasteiger partial charge in [-0.05, 0) is 59.5 Å². The molecule has 4 aromatic rings. The Kier molecular flexibility index (Phi) is 10.4. The van der Waals surface area contributed by atoms with Gasteiger partial charge >= 0.3 is 11.9 Å². The van der Waals surface area contributed by atoms with Gasteiger partial charge in [0.05, 0.1) is 20.3 Å². The molecule has 0 spiro atoms. The first-order valence-electron chi connectivity index (χ1n) is 13.8. The van der Waals surface area contributed by atoms with Crippen molar-refractivity contribution in [1.82, 2.24) is 0 Å².